The van der Waals surface area contributed by atoms with E-state index in [1.807, 2.05) is 61.1 Å². The molecule has 154 valence electrons. The second-order valence-corrected chi connectivity index (χ2v) is 8.26. The fraction of sp³-hybridized carbons (Fsp3) is 0.227. The number of halogens is 2. The molecule has 3 aromatic rings. The van der Waals surface area contributed by atoms with E-state index < -0.39 is 5.91 Å². The van der Waals surface area contributed by atoms with E-state index in [1.165, 1.54) is 0 Å². The maximum absolute atomic E-state index is 11.9. The zero-order valence-electron chi connectivity index (χ0n) is 16.6. The largest absolute Gasteiger partial charge is 0.364 e. The summed E-state index contributed by atoms with van der Waals surface area (Å²) >= 11 is 12.8. The van der Waals surface area contributed by atoms with E-state index in [1.54, 1.807) is 6.33 Å². The van der Waals surface area contributed by atoms with Gasteiger partial charge in [-0.2, -0.15) is 0 Å². The van der Waals surface area contributed by atoms with E-state index in [-0.39, 0.29) is 18.3 Å². The molecule has 0 radical (unpaired) electrons. The number of fused-ring (bicyclic) bond motifs is 3. The number of imidazole rings is 1. The van der Waals surface area contributed by atoms with Crippen molar-refractivity contribution in [3.63, 3.8) is 0 Å². The summed E-state index contributed by atoms with van der Waals surface area (Å²) in [4.78, 5) is 23.1. The molecule has 6 nitrogen and oxygen atoms in total. The molecule has 0 aliphatic carbocycles. The Bertz CT molecular complexity index is 1150. The molecule has 1 aliphatic heterocycles. The average molecular weight is 442 g/mol. The van der Waals surface area contributed by atoms with Crippen LogP contribution in [-0.4, -0.2) is 46.2 Å². The van der Waals surface area contributed by atoms with Gasteiger partial charge in [-0.1, -0.05) is 41.4 Å². The monoisotopic (exact) mass is 441 g/mol. The van der Waals surface area contributed by atoms with Gasteiger partial charge in [0.05, 0.1) is 29.7 Å². The van der Waals surface area contributed by atoms with Crippen molar-refractivity contribution in [1.29, 1.82) is 0 Å². The number of likely N-dealkylation sites (N-methyl/N-ethyl adjacent to an activating group) is 1. The minimum absolute atomic E-state index is 0.0586. The maximum atomic E-state index is 11.9. The van der Waals surface area contributed by atoms with Gasteiger partial charge in [-0.25, -0.2) is 4.98 Å². The van der Waals surface area contributed by atoms with Crippen LogP contribution >= 0.6 is 23.2 Å². The van der Waals surface area contributed by atoms with Crippen LogP contribution in [0.2, 0.25) is 10.0 Å². The lowest BCUT2D eigenvalue weighted by Crippen LogP contribution is -2.38. The fourth-order valence-electron chi connectivity index (χ4n) is 3.79. The van der Waals surface area contributed by atoms with Gasteiger partial charge in [-0.05, 0) is 50.3 Å². The molecular formula is C22H21Cl2N5O. The van der Waals surface area contributed by atoms with Gasteiger partial charge in [0.2, 0.25) is 0 Å². The molecule has 0 saturated heterocycles. The number of hydrogen-bond donors (Lipinski definition) is 1. The summed E-state index contributed by atoms with van der Waals surface area (Å²) in [5.74, 6) is -0.571. The molecule has 1 unspecified atom stereocenters. The van der Waals surface area contributed by atoms with Crippen molar-refractivity contribution >= 4 is 34.8 Å². The van der Waals surface area contributed by atoms with E-state index >= 15 is 0 Å². The Morgan fingerprint density at radius 1 is 1.23 bits per heavy atom. The Kier molecular flexibility index (Phi) is 5.64. The Morgan fingerprint density at radius 2 is 2.00 bits per heavy atom. The minimum atomic E-state index is -0.571. The lowest BCUT2D eigenvalue weighted by Gasteiger charge is -2.27. The van der Waals surface area contributed by atoms with E-state index in [0.717, 1.165) is 27.5 Å². The molecule has 8 heteroatoms. The van der Waals surface area contributed by atoms with Crippen molar-refractivity contribution in [3.05, 3.63) is 81.4 Å². The number of benzene rings is 2. The van der Waals surface area contributed by atoms with Crippen molar-refractivity contribution in [2.45, 2.75) is 19.0 Å². The summed E-state index contributed by atoms with van der Waals surface area (Å²) in [6.45, 7) is 0.284. The number of carbonyl (C=O) groups excluding carboxylic acids is 1. The Labute approximate surface area is 184 Å². The van der Waals surface area contributed by atoms with Gasteiger partial charge in [-0.3, -0.25) is 14.4 Å². The molecule has 0 bridgehead atoms. The van der Waals surface area contributed by atoms with Crippen LogP contribution in [-0.2, 0) is 13.0 Å². The van der Waals surface area contributed by atoms with Crippen LogP contribution in [0.1, 0.15) is 27.3 Å². The number of carbonyl (C=O) groups is 1. The lowest BCUT2D eigenvalue weighted by molar-refractivity contribution is 0.0995. The van der Waals surface area contributed by atoms with E-state index in [9.17, 15) is 4.79 Å². The smallest absolute Gasteiger partial charge is 0.269 e. The zero-order valence-corrected chi connectivity index (χ0v) is 18.2. The first-order valence-corrected chi connectivity index (χ1v) is 10.2. The maximum Gasteiger partial charge on any atom is 0.269 e. The van der Waals surface area contributed by atoms with Gasteiger partial charge in [-0.15, -0.1) is 0 Å². The summed E-state index contributed by atoms with van der Waals surface area (Å²) in [6.07, 6.45) is 2.28. The van der Waals surface area contributed by atoms with Crippen LogP contribution < -0.4 is 5.73 Å². The lowest BCUT2D eigenvalue weighted by atomic mass is 9.94. The summed E-state index contributed by atoms with van der Waals surface area (Å²) < 4.78 is 1.87. The van der Waals surface area contributed by atoms with Crippen LogP contribution in [0.5, 0.6) is 0 Å². The quantitative estimate of drug-likeness (QED) is 0.654. The molecule has 2 aromatic carbocycles. The van der Waals surface area contributed by atoms with Crippen LogP contribution in [0.3, 0.4) is 0 Å². The van der Waals surface area contributed by atoms with Crippen LogP contribution in [0.4, 0.5) is 0 Å². The van der Waals surface area contributed by atoms with Gasteiger partial charge >= 0.3 is 0 Å². The highest BCUT2D eigenvalue weighted by atomic mass is 35.5. The number of nitrogens with zero attached hydrogens (tertiary/aromatic N) is 4. The number of rotatable bonds is 5. The number of aliphatic imine (C=N–C) groups is 1. The van der Waals surface area contributed by atoms with Crippen LogP contribution in [0.15, 0.2) is 53.8 Å². The minimum Gasteiger partial charge on any atom is -0.364 e. The molecule has 1 aliphatic rings. The third-order valence-electron chi connectivity index (χ3n) is 5.30. The van der Waals surface area contributed by atoms with Crippen molar-refractivity contribution in [3.8, 4) is 5.69 Å². The predicted octanol–water partition coefficient (Wildman–Crippen LogP) is 3.75. The zero-order chi connectivity index (χ0) is 21.4. The molecule has 30 heavy (non-hydrogen) atoms. The highest BCUT2D eigenvalue weighted by molar-refractivity contribution is 6.31. The van der Waals surface area contributed by atoms with Crippen LogP contribution in [0, 0.1) is 0 Å². The van der Waals surface area contributed by atoms with Crippen molar-refractivity contribution in [1.82, 2.24) is 14.5 Å². The number of nitrogens with two attached hydrogens (primary N) is 1. The van der Waals surface area contributed by atoms with Crippen molar-refractivity contribution < 1.29 is 4.79 Å². The Balaban J connectivity index is 1.87. The summed E-state index contributed by atoms with van der Waals surface area (Å²) in [6, 6.07) is 13.4. The van der Waals surface area contributed by atoms with E-state index in [0.29, 0.717) is 17.1 Å². The first-order chi connectivity index (χ1) is 14.4. The standard InChI is InChI=1S/C22H21Cl2N5O/c1-28(2)18(9-13-5-3-4-6-16(13)24)20-15-10-14(23)7-8-17(15)29-12-27-21(22(25)30)19(29)11-26-20/h3-8,10,12,18H,9,11H2,1-2H3,(H2,25,30). The predicted molar refractivity (Wildman–Crippen MR) is 120 cm³/mol. The van der Waals surface area contributed by atoms with Gasteiger partial charge in [0.15, 0.2) is 5.69 Å². The van der Waals surface area contributed by atoms with Crippen molar-refractivity contribution in [2.24, 2.45) is 10.7 Å². The summed E-state index contributed by atoms with van der Waals surface area (Å²) in [5, 5.41) is 1.33. The molecule has 0 spiro atoms. The SMILES string of the molecule is CN(C)C(Cc1ccccc1Cl)C1=NCc2c(C(N)=O)ncn2-c2ccc(Cl)cc21. The van der Waals surface area contributed by atoms with Gasteiger partial charge in [0, 0.05) is 15.6 Å². The van der Waals surface area contributed by atoms with Crippen molar-refractivity contribution in [2.75, 3.05) is 14.1 Å². The molecule has 2 N–H and O–H groups in total. The first kappa shape index (κ1) is 20.6. The molecule has 1 amide bonds. The average Bonchev–Trinajstić information content (AvgIpc) is 3.06. The first-order valence-electron chi connectivity index (χ1n) is 9.47. The molecule has 0 fully saturated rings. The normalized spacial score (nSPS) is 14.0. The highest BCUT2D eigenvalue weighted by Gasteiger charge is 2.28. The molecule has 1 atom stereocenters. The second kappa shape index (κ2) is 8.22. The summed E-state index contributed by atoms with van der Waals surface area (Å²) in [7, 11) is 4.02. The summed E-state index contributed by atoms with van der Waals surface area (Å²) in [5.41, 5.74) is 10.1. The Morgan fingerprint density at radius 3 is 2.70 bits per heavy atom. The highest BCUT2D eigenvalue weighted by Crippen LogP contribution is 2.29. The Hall–Kier alpha value is -2.67. The van der Waals surface area contributed by atoms with Gasteiger partial charge in [0.25, 0.3) is 5.91 Å². The third-order valence-corrected chi connectivity index (χ3v) is 5.91. The fourth-order valence-corrected chi connectivity index (χ4v) is 4.17. The van der Waals surface area contributed by atoms with Gasteiger partial charge < -0.3 is 10.6 Å². The molecular weight excluding hydrogens is 421 g/mol. The molecule has 4 rings (SSSR count). The number of primary amides is 1. The number of amides is 1. The second-order valence-electron chi connectivity index (χ2n) is 7.41. The molecule has 0 saturated carbocycles. The van der Waals surface area contributed by atoms with E-state index in [2.05, 4.69) is 9.88 Å². The molecule has 1 aromatic heterocycles. The van der Waals surface area contributed by atoms with Gasteiger partial charge in [0.1, 0.15) is 6.33 Å². The van der Waals surface area contributed by atoms with E-state index in [4.69, 9.17) is 33.9 Å². The van der Waals surface area contributed by atoms with Crippen LogP contribution in [0.25, 0.3) is 5.69 Å². The number of hydrogen-bond acceptors (Lipinski definition) is 4. The topological polar surface area (TPSA) is 76.5 Å². The number of aromatic nitrogens is 2. The third kappa shape index (κ3) is 3.74. The molecule has 2 heterocycles.